The minimum atomic E-state index is -3.66. The van der Waals surface area contributed by atoms with Crippen molar-refractivity contribution in [1.82, 2.24) is 0 Å². The number of nitriles is 1. The SMILES string of the molecule is N#Cc1c(NS(=O)(=O)c2ccc(Br)cc2)sc2c1CCC2. The van der Waals surface area contributed by atoms with Crippen LogP contribution in [0.25, 0.3) is 0 Å². The number of rotatable bonds is 3. The predicted octanol–water partition coefficient (Wildman–Crippen LogP) is 3.67. The molecule has 1 aromatic carbocycles. The molecule has 0 atom stereocenters. The predicted molar refractivity (Wildman–Crippen MR) is 86.0 cm³/mol. The molecule has 0 bridgehead atoms. The van der Waals surface area contributed by atoms with Gasteiger partial charge in [-0.3, -0.25) is 4.72 Å². The van der Waals surface area contributed by atoms with E-state index in [4.69, 9.17) is 0 Å². The van der Waals surface area contributed by atoms with Crippen molar-refractivity contribution in [3.8, 4) is 6.07 Å². The van der Waals surface area contributed by atoms with Crippen molar-refractivity contribution >= 4 is 42.3 Å². The van der Waals surface area contributed by atoms with Crippen molar-refractivity contribution in [3.63, 3.8) is 0 Å². The van der Waals surface area contributed by atoms with Crippen LogP contribution in [-0.2, 0) is 22.9 Å². The Morgan fingerprint density at radius 1 is 1.24 bits per heavy atom. The lowest BCUT2D eigenvalue weighted by Crippen LogP contribution is -2.12. The summed E-state index contributed by atoms with van der Waals surface area (Å²) in [6.45, 7) is 0. The van der Waals surface area contributed by atoms with Gasteiger partial charge in [-0.15, -0.1) is 11.3 Å². The molecule has 7 heteroatoms. The molecule has 4 nitrogen and oxygen atoms in total. The van der Waals surface area contributed by atoms with Gasteiger partial charge in [0, 0.05) is 9.35 Å². The fourth-order valence-corrected chi connectivity index (χ4v) is 5.20. The van der Waals surface area contributed by atoms with E-state index in [1.807, 2.05) is 0 Å². The standard InChI is InChI=1S/C14H11BrN2O2S2/c15-9-4-6-10(7-5-9)21(18,19)17-14-12(8-16)11-2-1-3-13(11)20-14/h4-7,17H,1-3H2. The average molecular weight is 383 g/mol. The lowest BCUT2D eigenvalue weighted by atomic mass is 10.1. The van der Waals surface area contributed by atoms with Gasteiger partial charge in [0.05, 0.1) is 10.5 Å². The van der Waals surface area contributed by atoms with Gasteiger partial charge in [0.15, 0.2) is 0 Å². The molecule has 0 fully saturated rings. The lowest BCUT2D eigenvalue weighted by molar-refractivity contribution is 0.601. The van der Waals surface area contributed by atoms with Crippen molar-refractivity contribution in [2.75, 3.05) is 4.72 Å². The zero-order chi connectivity index (χ0) is 15.0. The van der Waals surface area contributed by atoms with E-state index in [0.29, 0.717) is 10.6 Å². The molecule has 0 saturated carbocycles. The molecule has 21 heavy (non-hydrogen) atoms. The van der Waals surface area contributed by atoms with E-state index in [-0.39, 0.29) is 4.90 Å². The number of nitrogens with zero attached hydrogens (tertiary/aromatic N) is 1. The third-order valence-electron chi connectivity index (χ3n) is 3.38. The number of hydrogen-bond acceptors (Lipinski definition) is 4. The van der Waals surface area contributed by atoms with Gasteiger partial charge in [-0.25, -0.2) is 8.42 Å². The van der Waals surface area contributed by atoms with Crippen LogP contribution in [0.4, 0.5) is 5.00 Å². The van der Waals surface area contributed by atoms with E-state index < -0.39 is 10.0 Å². The Hall–Kier alpha value is -1.36. The largest absolute Gasteiger partial charge is 0.269 e. The summed E-state index contributed by atoms with van der Waals surface area (Å²) >= 11 is 4.65. The van der Waals surface area contributed by atoms with Crippen molar-refractivity contribution in [2.45, 2.75) is 24.2 Å². The zero-order valence-corrected chi connectivity index (χ0v) is 14.1. The number of halogens is 1. The summed E-state index contributed by atoms with van der Waals surface area (Å²) in [6, 6.07) is 8.54. The number of nitrogens with one attached hydrogen (secondary N) is 1. The summed E-state index contributed by atoms with van der Waals surface area (Å²) < 4.78 is 28.1. The minimum Gasteiger partial charge on any atom is -0.269 e. The number of fused-ring (bicyclic) bond motifs is 1. The smallest absolute Gasteiger partial charge is 0.262 e. The molecule has 0 saturated heterocycles. The molecule has 3 rings (SSSR count). The molecule has 1 heterocycles. The maximum absolute atomic E-state index is 12.4. The van der Waals surface area contributed by atoms with E-state index >= 15 is 0 Å². The number of thiophene rings is 1. The number of aryl methyl sites for hydroxylation is 1. The van der Waals surface area contributed by atoms with Crippen LogP contribution < -0.4 is 4.72 Å². The molecule has 0 unspecified atom stereocenters. The Morgan fingerprint density at radius 3 is 2.62 bits per heavy atom. The molecule has 0 spiro atoms. The highest BCUT2D eigenvalue weighted by atomic mass is 79.9. The molecule has 0 amide bonds. The van der Waals surface area contributed by atoms with Crippen molar-refractivity contribution in [1.29, 1.82) is 5.26 Å². The molecule has 108 valence electrons. The van der Waals surface area contributed by atoms with Gasteiger partial charge in [0.25, 0.3) is 10.0 Å². The molecule has 1 aliphatic carbocycles. The topological polar surface area (TPSA) is 70.0 Å². The van der Waals surface area contributed by atoms with Crippen LogP contribution in [0.5, 0.6) is 0 Å². The fraction of sp³-hybridized carbons (Fsp3) is 0.214. The van der Waals surface area contributed by atoms with Gasteiger partial charge >= 0.3 is 0 Å². The van der Waals surface area contributed by atoms with Crippen molar-refractivity contribution in [3.05, 3.63) is 44.7 Å². The molecule has 0 aliphatic heterocycles. The second kappa shape index (κ2) is 5.44. The number of anilines is 1. The Morgan fingerprint density at radius 2 is 1.95 bits per heavy atom. The molecular formula is C14H11BrN2O2S2. The second-order valence-corrected chi connectivity index (χ2v) is 8.44. The van der Waals surface area contributed by atoms with Gasteiger partial charge in [-0.2, -0.15) is 5.26 Å². The van der Waals surface area contributed by atoms with E-state index in [0.717, 1.165) is 34.2 Å². The molecule has 1 aliphatic rings. The van der Waals surface area contributed by atoms with Gasteiger partial charge in [0.2, 0.25) is 0 Å². The molecule has 0 radical (unpaired) electrons. The normalized spacial score (nSPS) is 13.7. The van der Waals surface area contributed by atoms with Crippen LogP contribution >= 0.6 is 27.3 Å². The third-order valence-corrected chi connectivity index (χ3v) is 6.61. The second-order valence-electron chi connectivity index (χ2n) is 4.73. The highest BCUT2D eigenvalue weighted by Crippen LogP contribution is 2.39. The van der Waals surface area contributed by atoms with Gasteiger partial charge in [0.1, 0.15) is 11.1 Å². The fourth-order valence-electron chi connectivity index (χ4n) is 2.39. The molecule has 1 N–H and O–H groups in total. The Balaban J connectivity index is 1.97. The highest BCUT2D eigenvalue weighted by Gasteiger charge is 2.25. The van der Waals surface area contributed by atoms with Crippen molar-refractivity contribution < 1.29 is 8.42 Å². The summed E-state index contributed by atoms with van der Waals surface area (Å²) in [4.78, 5) is 1.31. The molecular weight excluding hydrogens is 372 g/mol. The first-order valence-corrected chi connectivity index (χ1v) is 9.43. The van der Waals surface area contributed by atoms with Crippen LogP contribution in [0.2, 0.25) is 0 Å². The maximum atomic E-state index is 12.4. The highest BCUT2D eigenvalue weighted by molar-refractivity contribution is 9.10. The average Bonchev–Trinajstić information content (AvgIpc) is 2.99. The molecule has 2 aromatic rings. The monoisotopic (exact) mass is 382 g/mol. The van der Waals surface area contributed by atoms with E-state index in [1.54, 1.807) is 12.1 Å². The minimum absolute atomic E-state index is 0.183. The van der Waals surface area contributed by atoms with Crippen molar-refractivity contribution in [2.24, 2.45) is 0 Å². The van der Waals surface area contributed by atoms with E-state index in [1.165, 1.54) is 23.5 Å². The van der Waals surface area contributed by atoms with Crippen LogP contribution in [-0.4, -0.2) is 8.42 Å². The summed E-state index contributed by atoms with van der Waals surface area (Å²) in [5.74, 6) is 0. The summed E-state index contributed by atoms with van der Waals surface area (Å²) in [7, 11) is -3.66. The van der Waals surface area contributed by atoms with Crippen LogP contribution in [0.1, 0.15) is 22.4 Å². The third kappa shape index (κ3) is 2.71. The number of hydrogen-bond donors (Lipinski definition) is 1. The molecule has 1 aromatic heterocycles. The number of benzene rings is 1. The van der Waals surface area contributed by atoms with Crippen LogP contribution in [0.15, 0.2) is 33.6 Å². The lowest BCUT2D eigenvalue weighted by Gasteiger charge is -2.07. The quantitative estimate of drug-likeness (QED) is 0.879. The summed E-state index contributed by atoms with van der Waals surface area (Å²) in [5.41, 5.74) is 1.49. The van der Waals surface area contributed by atoms with Gasteiger partial charge < -0.3 is 0 Å². The van der Waals surface area contributed by atoms with Crippen LogP contribution in [0.3, 0.4) is 0 Å². The van der Waals surface area contributed by atoms with E-state index in [2.05, 4.69) is 26.7 Å². The zero-order valence-electron chi connectivity index (χ0n) is 10.9. The van der Waals surface area contributed by atoms with Gasteiger partial charge in [-0.05, 0) is 49.1 Å². The Labute approximate surface area is 135 Å². The summed E-state index contributed by atoms with van der Waals surface area (Å²) in [6.07, 6.45) is 2.82. The first kappa shape index (κ1) is 14.6. The first-order valence-electron chi connectivity index (χ1n) is 6.34. The Kier molecular flexibility index (Phi) is 3.78. The van der Waals surface area contributed by atoms with E-state index in [9.17, 15) is 13.7 Å². The number of sulfonamides is 1. The van der Waals surface area contributed by atoms with Crippen LogP contribution in [0, 0.1) is 11.3 Å². The summed E-state index contributed by atoms with van der Waals surface area (Å²) in [5, 5.41) is 9.73. The Bertz CT molecular complexity index is 833. The maximum Gasteiger partial charge on any atom is 0.262 e. The first-order chi connectivity index (χ1) is 10.0. The van der Waals surface area contributed by atoms with Gasteiger partial charge in [-0.1, -0.05) is 15.9 Å².